The molecular formula is C15H22ClNO2S. The topological polar surface area (TPSA) is 30.5 Å². The van der Waals surface area contributed by atoms with Crippen LogP contribution in [0.25, 0.3) is 0 Å². The molecule has 1 aliphatic rings. The lowest BCUT2D eigenvalue weighted by Gasteiger charge is -2.23. The molecule has 0 saturated carbocycles. The van der Waals surface area contributed by atoms with Gasteiger partial charge in [-0.1, -0.05) is 17.7 Å². The summed E-state index contributed by atoms with van der Waals surface area (Å²) >= 11 is 8.43. The number of ether oxygens (including phenoxy) is 2. The summed E-state index contributed by atoms with van der Waals surface area (Å²) in [6.07, 6.45) is 2.60. The molecule has 5 heteroatoms. The second-order valence-electron chi connectivity index (χ2n) is 5.28. The van der Waals surface area contributed by atoms with Gasteiger partial charge in [0.1, 0.15) is 0 Å². The first kappa shape index (κ1) is 15.8. The predicted octanol–water partition coefficient (Wildman–Crippen LogP) is 3.73. The molecule has 1 atom stereocenters. The molecule has 112 valence electrons. The highest BCUT2D eigenvalue weighted by atomic mass is 35.5. The van der Waals surface area contributed by atoms with Crippen molar-refractivity contribution in [1.29, 1.82) is 0 Å². The van der Waals surface area contributed by atoms with Crippen molar-refractivity contribution in [3.8, 4) is 11.5 Å². The molecule has 1 saturated heterocycles. The number of methoxy groups -OCH3 is 2. The van der Waals surface area contributed by atoms with E-state index < -0.39 is 0 Å². The summed E-state index contributed by atoms with van der Waals surface area (Å²) in [4.78, 5) is 0. The summed E-state index contributed by atoms with van der Waals surface area (Å²) in [5, 5.41) is 4.14. The Kier molecular flexibility index (Phi) is 5.47. The van der Waals surface area contributed by atoms with Gasteiger partial charge in [0, 0.05) is 17.8 Å². The second-order valence-corrected chi connectivity index (χ2v) is 7.34. The number of halogens is 1. The van der Waals surface area contributed by atoms with E-state index in [-0.39, 0.29) is 0 Å². The molecule has 2 rings (SSSR count). The fraction of sp³-hybridized carbons (Fsp3) is 0.600. The molecule has 1 aromatic carbocycles. The van der Waals surface area contributed by atoms with Gasteiger partial charge in [0.05, 0.1) is 19.2 Å². The number of hydrogen-bond acceptors (Lipinski definition) is 4. The Morgan fingerprint density at radius 1 is 1.35 bits per heavy atom. The molecule has 20 heavy (non-hydrogen) atoms. The molecule has 1 heterocycles. The molecule has 3 nitrogen and oxygen atoms in total. The lowest BCUT2D eigenvalue weighted by atomic mass is 10.1. The zero-order valence-corrected chi connectivity index (χ0v) is 13.9. The van der Waals surface area contributed by atoms with Gasteiger partial charge < -0.3 is 14.8 Å². The molecule has 0 radical (unpaired) electrons. The van der Waals surface area contributed by atoms with Crippen LogP contribution in [0, 0.1) is 0 Å². The van der Waals surface area contributed by atoms with Gasteiger partial charge in [-0.3, -0.25) is 0 Å². The third-order valence-electron chi connectivity index (χ3n) is 3.68. The van der Waals surface area contributed by atoms with Crippen molar-refractivity contribution in [2.45, 2.75) is 31.1 Å². The van der Waals surface area contributed by atoms with Crippen molar-refractivity contribution in [1.82, 2.24) is 5.32 Å². The minimum Gasteiger partial charge on any atom is -0.493 e. The minimum absolute atomic E-state index is 0.364. The maximum Gasteiger partial charge on any atom is 0.179 e. The Labute approximate surface area is 130 Å². The van der Waals surface area contributed by atoms with Crippen LogP contribution in [0.15, 0.2) is 12.1 Å². The van der Waals surface area contributed by atoms with Gasteiger partial charge in [-0.2, -0.15) is 11.8 Å². The standard InChI is InChI=1S/C15H22ClNO2S/c1-15(7-4-8-20-15)10-17-9-11-5-6-12(18-2)14(19-3)13(11)16/h5-6,17H,4,7-10H2,1-3H3. The van der Waals surface area contributed by atoms with Gasteiger partial charge in [0.2, 0.25) is 0 Å². The average Bonchev–Trinajstić information content (AvgIpc) is 2.87. The molecule has 0 spiro atoms. The van der Waals surface area contributed by atoms with Gasteiger partial charge in [-0.05, 0) is 37.1 Å². The van der Waals surface area contributed by atoms with Crippen molar-refractivity contribution in [3.63, 3.8) is 0 Å². The van der Waals surface area contributed by atoms with Crippen molar-refractivity contribution in [3.05, 3.63) is 22.7 Å². The zero-order chi connectivity index (χ0) is 14.6. The van der Waals surface area contributed by atoms with Crippen LogP contribution in [0.4, 0.5) is 0 Å². The van der Waals surface area contributed by atoms with Crippen molar-refractivity contribution in [2.75, 3.05) is 26.5 Å². The first-order valence-electron chi connectivity index (χ1n) is 6.83. The van der Waals surface area contributed by atoms with Gasteiger partial charge >= 0.3 is 0 Å². The lowest BCUT2D eigenvalue weighted by Crippen LogP contribution is -2.32. The monoisotopic (exact) mass is 315 g/mol. The van der Waals surface area contributed by atoms with Gasteiger partial charge in [-0.25, -0.2) is 0 Å². The number of nitrogens with one attached hydrogen (secondary N) is 1. The van der Waals surface area contributed by atoms with E-state index in [1.54, 1.807) is 14.2 Å². The minimum atomic E-state index is 0.364. The number of thioether (sulfide) groups is 1. The van der Waals surface area contributed by atoms with Crippen LogP contribution in [0.1, 0.15) is 25.3 Å². The van der Waals surface area contributed by atoms with Crippen LogP contribution >= 0.6 is 23.4 Å². The molecule has 0 amide bonds. The molecular weight excluding hydrogens is 294 g/mol. The quantitative estimate of drug-likeness (QED) is 0.866. The molecule has 1 aromatic rings. The molecule has 1 N–H and O–H groups in total. The fourth-order valence-electron chi connectivity index (χ4n) is 2.50. The van der Waals surface area contributed by atoms with Crippen LogP contribution in [0.2, 0.25) is 5.02 Å². The third-order valence-corrected chi connectivity index (χ3v) is 5.63. The first-order chi connectivity index (χ1) is 9.59. The SMILES string of the molecule is COc1ccc(CNCC2(C)CCCS2)c(Cl)c1OC. The van der Waals surface area contributed by atoms with Crippen molar-refractivity contribution < 1.29 is 9.47 Å². The van der Waals surface area contributed by atoms with E-state index in [4.69, 9.17) is 21.1 Å². The molecule has 0 aromatic heterocycles. The molecule has 1 fully saturated rings. The van der Waals surface area contributed by atoms with Crippen LogP contribution in [0.3, 0.4) is 0 Å². The van der Waals surface area contributed by atoms with Crippen LogP contribution in [0.5, 0.6) is 11.5 Å². The Bertz CT molecular complexity index is 461. The van der Waals surface area contributed by atoms with Crippen molar-refractivity contribution in [2.24, 2.45) is 0 Å². The molecule has 1 aliphatic heterocycles. The molecule has 0 aliphatic carbocycles. The summed E-state index contributed by atoms with van der Waals surface area (Å²) in [5.74, 6) is 2.55. The van der Waals surface area contributed by atoms with Crippen LogP contribution in [-0.4, -0.2) is 31.3 Å². The van der Waals surface area contributed by atoms with Crippen molar-refractivity contribution >= 4 is 23.4 Å². The number of benzene rings is 1. The van der Waals surface area contributed by atoms with Gasteiger partial charge in [0.25, 0.3) is 0 Å². The Hall–Kier alpha value is -0.580. The molecule has 0 bridgehead atoms. The Morgan fingerprint density at radius 3 is 2.75 bits per heavy atom. The van der Waals surface area contributed by atoms with E-state index in [1.165, 1.54) is 18.6 Å². The van der Waals surface area contributed by atoms with E-state index >= 15 is 0 Å². The lowest BCUT2D eigenvalue weighted by molar-refractivity contribution is 0.354. The predicted molar refractivity (Wildman–Crippen MR) is 86.4 cm³/mol. The second kappa shape index (κ2) is 6.92. The van der Waals surface area contributed by atoms with Gasteiger partial charge in [-0.15, -0.1) is 0 Å². The fourth-order valence-corrected chi connectivity index (χ4v) is 4.08. The smallest absolute Gasteiger partial charge is 0.179 e. The highest BCUT2D eigenvalue weighted by Gasteiger charge is 2.28. The Balaban J connectivity index is 1.99. The average molecular weight is 316 g/mol. The van der Waals surface area contributed by atoms with E-state index in [0.717, 1.165) is 18.7 Å². The largest absolute Gasteiger partial charge is 0.493 e. The third kappa shape index (κ3) is 3.54. The van der Waals surface area contributed by atoms with E-state index in [0.29, 0.717) is 21.3 Å². The summed E-state index contributed by atoms with van der Waals surface area (Å²) in [6.45, 7) is 4.07. The summed E-state index contributed by atoms with van der Waals surface area (Å²) in [7, 11) is 3.22. The van der Waals surface area contributed by atoms with Crippen LogP contribution in [-0.2, 0) is 6.54 Å². The Morgan fingerprint density at radius 2 is 2.15 bits per heavy atom. The maximum absolute atomic E-state index is 6.37. The van der Waals surface area contributed by atoms with E-state index in [1.807, 2.05) is 12.1 Å². The molecule has 1 unspecified atom stereocenters. The highest BCUT2D eigenvalue weighted by molar-refractivity contribution is 8.00. The van der Waals surface area contributed by atoms with Gasteiger partial charge in [0.15, 0.2) is 11.5 Å². The summed E-state index contributed by atoms with van der Waals surface area (Å²) in [5.41, 5.74) is 1.04. The summed E-state index contributed by atoms with van der Waals surface area (Å²) in [6, 6.07) is 3.88. The summed E-state index contributed by atoms with van der Waals surface area (Å²) < 4.78 is 10.9. The number of rotatable bonds is 6. The van der Waals surface area contributed by atoms with Crippen LogP contribution < -0.4 is 14.8 Å². The zero-order valence-electron chi connectivity index (χ0n) is 12.3. The number of hydrogen-bond donors (Lipinski definition) is 1. The van der Waals surface area contributed by atoms with E-state index in [9.17, 15) is 0 Å². The first-order valence-corrected chi connectivity index (χ1v) is 8.20. The normalized spacial score (nSPS) is 22.0. The van der Waals surface area contributed by atoms with E-state index in [2.05, 4.69) is 24.0 Å². The maximum atomic E-state index is 6.37. The highest BCUT2D eigenvalue weighted by Crippen LogP contribution is 2.38.